The monoisotopic (exact) mass is 249 g/mol. The Hall–Kier alpha value is -1.16. The van der Waals surface area contributed by atoms with Crippen LogP contribution >= 0.6 is 0 Å². The lowest BCUT2D eigenvalue weighted by Gasteiger charge is -2.25. The van der Waals surface area contributed by atoms with Gasteiger partial charge in [0.15, 0.2) is 0 Å². The first kappa shape index (κ1) is 13.3. The van der Waals surface area contributed by atoms with E-state index in [0.29, 0.717) is 12.0 Å². The van der Waals surface area contributed by atoms with Gasteiger partial charge in [-0.05, 0) is 25.8 Å². The van der Waals surface area contributed by atoms with Crippen molar-refractivity contribution >= 4 is 5.82 Å². The van der Waals surface area contributed by atoms with E-state index in [4.69, 9.17) is 4.74 Å². The molecule has 0 saturated carbocycles. The summed E-state index contributed by atoms with van der Waals surface area (Å²) < 4.78 is 5.70. The van der Waals surface area contributed by atoms with Crippen LogP contribution in [0.1, 0.15) is 45.4 Å². The van der Waals surface area contributed by atoms with Crippen molar-refractivity contribution in [2.75, 3.05) is 24.6 Å². The van der Waals surface area contributed by atoms with Crippen LogP contribution in [0.4, 0.5) is 5.82 Å². The zero-order chi connectivity index (χ0) is 13.0. The smallest absolute Gasteiger partial charge is 0.133 e. The Bertz CT molecular complexity index is 375. The molecular weight excluding hydrogens is 226 g/mol. The van der Waals surface area contributed by atoms with Gasteiger partial charge in [0.25, 0.3) is 0 Å². The summed E-state index contributed by atoms with van der Waals surface area (Å²) in [6, 6.07) is 1.99. The first-order valence-electron chi connectivity index (χ1n) is 6.90. The van der Waals surface area contributed by atoms with Crippen molar-refractivity contribution in [2.24, 2.45) is 0 Å². The van der Waals surface area contributed by atoms with Crippen LogP contribution in [-0.2, 0) is 4.74 Å². The van der Waals surface area contributed by atoms with Crippen molar-refractivity contribution in [3.8, 4) is 0 Å². The molecule has 0 radical (unpaired) electrons. The van der Waals surface area contributed by atoms with Crippen LogP contribution in [0.15, 0.2) is 12.3 Å². The van der Waals surface area contributed by atoms with Gasteiger partial charge in [0, 0.05) is 31.8 Å². The maximum Gasteiger partial charge on any atom is 0.133 e. The van der Waals surface area contributed by atoms with Crippen molar-refractivity contribution < 1.29 is 4.74 Å². The second-order valence-electron chi connectivity index (χ2n) is 5.10. The van der Waals surface area contributed by atoms with E-state index in [9.17, 15) is 0 Å². The highest BCUT2D eigenvalue weighted by atomic mass is 16.5. The Balaban J connectivity index is 2.08. The molecule has 0 N–H and O–H groups in total. The minimum absolute atomic E-state index is 0.363. The molecule has 0 aliphatic carbocycles. The van der Waals surface area contributed by atoms with Crippen LogP contribution in [-0.4, -0.2) is 35.8 Å². The third kappa shape index (κ3) is 3.19. The molecule has 1 aromatic heterocycles. The molecule has 1 aromatic rings. The maximum absolute atomic E-state index is 5.70. The number of likely N-dealkylation sites (N-methyl/N-ethyl adjacent to an activating group) is 1. The van der Waals surface area contributed by atoms with E-state index in [2.05, 4.69) is 35.6 Å². The molecule has 100 valence electrons. The summed E-state index contributed by atoms with van der Waals surface area (Å²) in [7, 11) is 0. The van der Waals surface area contributed by atoms with Crippen LogP contribution in [0.25, 0.3) is 0 Å². The van der Waals surface area contributed by atoms with E-state index < -0.39 is 0 Å². The molecule has 1 unspecified atom stereocenters. The highest BCUT2D eigenvalue weighted by Gasteiger charge is 2.19. The van der Waals surface area contributed by atoms with Crippen LogP contribution in [0.2, 0.25) is 0 Å². The van der Waals surface area contributed by atoms with Crippen molar-refractivity contribution in [1.82, 2.24) is 9.97 Å². The van der Waals surface area contributed by atoms with Crippen LogP contribution < -0.4 is 4.90 Å². The molecule has 1 atom stereocenters. The Morgan fingerprint density at radius 3 is 2.94 bits per heavy atom. The summed E-state index contributed by atoms with van der Waals surface area (Å²) in [5.41, 5.74) is 0. The fourth-order valence-corrected chi connectivity index (χ4v) is 2.24. The maximum atomic E-state index is 5.70. The van der Waals surface area contributed by atoms with Crippen molar-refractivity contribution in [3.63, 3.8) is 0 Å². The van der Waals surface area contributed by atoms with Gasteiger partial charge in [-0.2, -0.15) is 0 Å². The van der Waals surface area contributed by atoms with Gasteiger partial charge < -0.3 is 9.64 Å². The van der Waals surface area contributed by atoms with Gasteiger partial charge in [-0.15, -0.1) is 0 Å². The Kier molecular flexibility index (Phi) is 4.53. The predicted molar refractivity (Wildman–Crippen MR) is 73.0 cm³/mol. The summed E-state index contributed by atoms with van der Waals surface area (Å²) in [6.45, 7) is 9.19. The molecule has 2 heterocycles. The molecule has 0 aromatic carbocycles. The van der Waals surface area contributed by atoms with Gasteiger partial charge >= 0.3 is 0 Å². The second kappa shape index (κ2) is 6.14. The summed E-state index contributed by atoms with van der Waals surface area (Å²) in [6.07, 6.45) is 4.57. The molecule has 4 nitrogen and oxygen atoms in total. The number of anilines is 1. The van der Waals surface area contributed by atoms with Crippen molar-refractivity contribution in [1.29, 1.82) is 0 Å². The van der Waals surface area contributed by atoms with Crippen LogP contribution in [0.5, 0.6) is 0 Å². The zero-order valence-corrected chi connectivity index (χ0v) is 11.6. The zero-order valence-electron chi connectivity index (χ0n) is 11.6. The quantitative estimate of drug-likeness (QED) is 0.804. The third-order valence-corrected chi connectivity index (χ3v) is 3.33. The van der Waals surface area contributed by atoms with Gasteiger partial charge in [-0.25, -0.2) is 9.97 Å². The number of rotatable bonds is 5. The van der Waals surface area contributed by atoms with E-state index in [1.807, 2.05) is 12.3 Å². The standard InChI is InChI=1S/C14H23N3O/c1-4-17(10-12-6-5-9-18-12)13-7-8-15-14(16-13)11(2)3/h7-8,11-12H,4-6,9-10H2,1-3H3. The van der Waals surface area contributed by atoms with Crippen LogP contribution in [0.3, 0.4) is 0 Å². The molecule has 1 saturated heterocycles. The largest absolute Gasteiger partial charge is 0.376 e. The Morgan fingerprint density at radius 2 is 2.33 bits per heavy atom. The lowest BCUT2D eigenvalue weighted by molar-refractivity contribution is 0.115. The first-order valence-corrected chi connectivity index (χ1v) is 6.90. The van der Waals surface area contributed by atoms with Gasteiger partial charge in [0.2, 0.25) is 0 Å². The third-order valence-electron chi connectivity index (χ3n) is 3.33. The van der Waals surface area contributed by atoms with E-state index >= 15 is 0 Å². The minimum Gasteiger partial charge on any atom is -0.376 e. The van der Waals surface area contributed by atoms with E-state index in [1.165, 1.54) is 12.8 Å². The topological polar surface area (TPSA) is 38.2 Å². The van der Waals surface area contributed by atoms with Crippen molar-refractivity contribution in [3.05, 3.63) is 18.1 Å². The summed E-state index contributed by atoms with van der Waals surface area (Å²) in [5, 5.41) is 0. The summed E-state index contributed by atoms with van der Waals surface area (Å²) >= 11 is 0. The fraction of sp³-hybridized carbons (Fsp3) is 0.714. The van der Waals surface area contributed by atoms with Crippen LogP contribution in [0, 0.1) is 0 Å². The highest BCUT2D eigenvalue weighted by molar-refractivity contribution is 5.37. The van der Waals surface area contributed by atoms with Gasteiger partial charge in [0.05, 0.1) is 6.10 Å². The fourth-order valence-electron chi connectivity index (χ4n) is 2.24. The average molecular weight is 249 g/mol. The molecule has 1 aliphatic heterocycles. The van der Waals surface area contributed by atoms with E-state index in [0.717, 1.165) is 31.3 Å². The number of ether oxygens (including phenoxy) is 1. The lowest BCUT2D eigenvalue weighted by Crippen LogP contribution is -2.32. The number of aromatic nitrogens is 2. The normalized spacial score (nSPS) is 19.4. The number of hydrogen-bond acceptors (Lipinski definition) is 4. The first-order chi connectivity index (χ1) is 8.70. The molecule has 4 heteroatoms. The molecule has 1 aliphatic rings. The molecule has 18 heavy (non-hydrogen) atoms. The Labute approximate surface area is 109 Å². The number of hydrogen-bond donors (Lipinski definition) is 0. The van der Waals surface area contributed by atoms with E-state index in [1.54, 1.807) is 0 Å². The molecular formula is C14H23N3O. The second-order valence-corrected chi connectivity index (χ2v) is 5.10. The summed E-state index contributed by atoms with van der Waals surface area (Å²) in [4.78, 5) is 11.2. The van der Waals surface area contributed by atoms with Crippen molar-refractivity contribution in [2.45, 2.75) is 45.6 Å². The van der Waals surface area contributed by atoms with E-state index in [-0.39, 0.29) is 0 Å². The lowest BCUT2D eigenvalue weighted by atomic mass is 10.2. The van der Waals surface area contributed by atoms with Gasteiger partial charge in [-0.3, -0.25) is 0 Å². The van der Waals surface area contributed by atoms with Gasteiger partial charge in [0.1, 0.15) is 11.6 Å². The predicted octanol–water partition coefficient (Wildman–Crippen LogP) is 2.61. The summed E-state index contributed by atoms with van der Waals surface area (Å²) in [5.74, 6) is 2.30. The molecule has 2 rings (SSSR count). The molecule has 0 bridgehead atoms. The number of nitrogens with zero attached hydrogens (tertiary/aromatic N) is 3. The molecule has 0 spiro atoms. The highest BCUT2D eigenvalue weighted by Crippen LogP contribution is 2.18. The SMILES string of the molecule is CCN(CC1CCCO1)c1ccnc(C(C)C)n1. The molecule has 0 amide bonds. The minimum atomic E-state index is 0.363. The van der Waals surface area contributed by atoms with Gasteiger partial charge in [-0.1, -0.05) is 13.8 Å². The Morgan fingerprint density at radius 1 is 1.50 bits per heavy atom. The molecule has 1 fully saturated rings. The average Bonchev–Trinajstić information content (AvgIpc) is 2.89.